The molecular formula is C27H31FN2O4S. The summed E-state index contributed by atoms with van der Waals surface area (Å²) >= 11 is 0. The molecule has 0 unspecified atom stereocenters. The quantitative estimate of drug-likeness (QED) is 0.491. The van der Waals surface area contributed by atoms with Crippen molar-refractivity contribution in [2.75, 3.05) is 20.8 Å². The van der Waals surface area contributed by atoms with E-state index in [0.29, 0.717) is 24.6 Å². The lowest BCUT2D eigenvalue weighted by Gasteiger charge is -2.41. The number of methoxy groups -OCH3 is 2. The van der Waals surface area contributed by atoms with Gasteiger partial charge in [0, 0.05) is 19.1 Å². The van der Waals surface area contributed by atoms with Gasteiger partial charge in [0.2, 0.25) is 10.0 Å². The van der Waals surface area contributed by atoms with Crippen molar-refractivity contribution in [3.63, 3.8) is 0 Å². The van der Waals surface area contributed by atoms with Crippen molar-refractivity contribution in [3.05, 3.63) is 88.7 Å². The summed E-state index contributed by atoms with van der Waals surface area (Å²) in [5.41, 5.74) is 3.85. The first-order valence-corrected chi connectivity index (χ1v) is 13.0. The van der Waals surface area contributed by atoms with Crippen LogP contribution in [0.25, 0.3) is 0 Å². The molecule has 0 fully saturated rings. The van der Waals surface area contributed by atoms with Gasteiger partial charge in [-0.3, -0.25) is 4.90 Å². The van der Waals surface area contributed by atoms with Crippen molar-refractivity contribution in [3.8, 4) is 11.5 Å². The first kappa shape index (κ1) is 25.2. The lowest BCUT2D eigenvalue weighted by Crippen LogP contribution is -2.47. The predicted octanol–water partition coefficient (Wildman–Crippen LogP) is 4.62. The second-order valence-corrected chi connectivity index (χ2v) is 10.6. The molecule has 35 heavy (non-hydrogen) atoms. The van der Waals surface area contributed by atoms with Crippen LogP contribution in [0.4, 0.5) is 4.39 Å². The third-order valence-electron chi connectivity index (χ3n) is 6.45. The van der Waals surface area contributed by atoms with Crippen molar-refractivity contribution in [2.45, 2.75) is 43.8 Å². The largest absolute Gasteiger partial charge is 0.493 e. The van der Waals surface area contributed by atoms with Crippen molar-refractivity contribution < 1.29 is 22.3 Å². The zero-order chi connectivity index (χ0) is 25.2. The maximum atomic E-state index is 13.9. The zero-order valence-corrected chi connectivity index (χ0v) is 21.2. The Kier molecular flexibility index (Phi) is 7.44. The highest BCUT2D eigenvalue weighted by Gasteiger charge is 2.35. The average molecular weight is 499 g/mol. The van der Waals surface area contributed by atoms with Gasteiger partial charge in [0.1, 0.15) is 5.82 Å². The van der Waals surface area contributed by atoms with Crippen LogP contribution in [0.3, 0.4) is 0 Å². The summed E-state index contributed by atoms with van der Waals surface area (Å²) in [6.45, 7) is 4.94. The zero-order valence-electron chi connectivity index (χ0n) is 20.4. The van der Waals surface area contributed by atoms with Crippen LogP contribution in [-0.4, -0.2) is 40.1 Å². The Morgan fingerprint density at radius 3 is 2.40 bits per heavy atom. The van der Waals surface area contributed by atoms with E-state index >= 15 is 0 Å². The van der Waals surface area contributed by atoms with Crippen LogP contribution in [0.2, 0.25) is 0 Å². The minimum absolute atomic E-state index is 0.218. The van der Waals surface area contributed by atoms with Gasteiger partial charge >= 0.3 is 0 Å². The highest BCUT2D eigenvalue weighted by Crippen LogP contribution is 2.40. The van der Waals surface area contributed by atoms with E-state index in [2.05, 4.69) is 9.62 Å². The molecule has 1 aliphatic rings. The molecule has 0 amide bonds. The van der Waals surface area contributed by atoms with Gasteiger partial charge < -0.3 is 9.47 Å². The monoisotopic (exact) mass is 498 g/mol. The van der Waals surface area contributed by atoms with Gasteiger partial charge in [0.25, 0.3) is 0 Å². The molecule has 8 heteroatoms. The molecule has 1 aliphatic heterocycles. The Bertz CT molecular complexity index is 1300. The van der Waals surface area contributed by atoms with Crippen molar-refractivity contribution in [1.29, 1.82) is 0 Å². The predicted molar refractivity (Wildman–Crippen MR) is 134 cm³/mol. The number of hydrogen-bond donors (Lipinski definition) is 1. The minimum atomic E-state index is -3.75. The van der Waals surface area contributed by atoms with Crippen LogP contribution < -0.4 is 14.2 Å². The number of nitrogens with one attached hydrogen (secondary N) is 1. The second kappa shape index (κ2) is 10.4. The Morgan fingerprint density at radius 2 is 1.74 bits per heavy atom. The molecule has 0 bridgehead atoms. The Morgan fingerprint density at radius 1 is 1.06 bits per heavy atom. The molecule has 3 aromatic carbocycles. The topological polar surface area (TPSA) is 67.9 Å². The van der Waals surface area contributed by atoms with Crippen LogP contribution >= 0.6 is 0 Å². The smallest absolute Gasteiger partial charge is 0.240 e. The molecule has 4 rings (SSSR count). The van der Waals surface area contributed by atoms with E-state index in [-0.39, 0.29) is 16.8 Å². The maximum Gasteiger partial charge on any atom is 0.240 e. The molecule has 3 aromatic rings. The summed E-state index contributed by atoms with van der Waals surface area (Å²) < 4.78 is 54.3. The third-order valence-corrected chi connectivity index (χ3v) is 8.02. The maximum absolute atomic E-state index is 13.9. The summed E-state index contributed by atoms with van der Waals surface area (Å²) in [5, 5.41) is 0. The van der Waals surface area contributed by atoms with Gasteiger partial charge in [-0.2, -0.15) is 0 Å². The Labute approximate surface area is 206 Å². The molecule has 1 heterocycles. The highest BCUT2D eigenvalue weighted by molar-refractivity contribution is 7.89. The number of rotatable bonds is 8. The van der Waals surface area contributed by atoms with Gasteiger partial charge in [-0.05, 0) is 73.4 Å². The Hall–Kier alpha value is -2.94. The second-order valence-electron chi connectivity index (χ2n) is 8.92. The van der Waals surface area contributed by atoms with Crippen LogP contribution in [0.15, 0.2) is 65.6 Å². The fourth-order valence-corrected chi connectivity index (χ4v) is 6.00. The summed E-state index contributed by atoms with van der Waals surface area (Å²) in [6.07, 6.45) is 0.749. The molecule has 0 aliphatic carbocycles. The normalized spacial score (nSPS) is 17.0. The number of benzene rings is 3. The number of fused-ring (bicyclic) bond motifs is 1. The third kappa shape index (κ3) is 5.50. The molecule has 0 saturated carbocycles. The molecule has 186 valence electrons. The van der Waals surface area contributed by atoms with Gasteiger partial charge in [0.15, 0.2) is 11.5 Å². The fraction of sp³-hybridized carbons (Fsp3) is 0.333. The Balaban J connectivity index is 1.72. The summed E-state index contributed by atoms with van der Waals surface area (Å²) in [5.74, 6) is 0.921. The molecule has 6 nitrogen and oxygen atoms in total. The molecule has 0 aromatic heterocycles. The molecule has 2 atom stereocenters. The van der Waals surface area contributed by atoms with E-state index in [1.807, 2.05) is 32.0 Å². The first-order valence-electron chi connectivity index (χ1n) is 11.5. The van der Waals surface area contributed by atoms with E-state index in [1.165, 1.54) is 12.1 Å². The van der Waals surface area contributed by atoms with E-state index in [1.54, 1.807) is 44.6 Å². The van der Waals surface area contributed by atoms with Crippen molar-refractivity contribution in [1.82, 2.24) is 9.62 Å². The molecule has 0 spiro atoms. The van der Waals surface area contributed by atoms with E-state index < -0.39 is 16.1 Å². The van der Waals surface area contributed by atoms with Crippen molar-refractivity contribution >= 4 is 10.0 Å². The van der Waals surface area contributed by atoms with Crippen LogP contribution in [-0.2, 0) is 23.0 Å². The van der Waals surface area contributed by atoms with Gasteiger partial charge in [0.05, 0.1) is 25.2 Å². The van der Waals surface area contributed by atoms with Gasteiger partial charge in [-0.15, -0.1) is 0 Å². The fourth-order valence-electron chi connectivity index (χ4n) is 4.76. The van der Waals surface area contributed by atoms with E-state index in [4.69, 9.17) is 9.47 Å². The minimum Gasteiger partial charge on any atom is -0.493 e. The van der Waals surface area contributed by atoms with E-state index in [0.717, 1.165) is 28.7 Å². The molecular weight excluding hydrogens is 467 g/mol. The number of ether oxygens (including phenoxy) is 2. The lowest BCUT2D eigenvalue weighted by atomic mass is 9.88. The number of nitrogens with zero attached hydrogens (tertiary/aromatic N) is 1. The summed E-state index contributed by atoms with van der Waals surface area (Å²) in [4.78, 5) is 2.40. The highest BCUT2D eigenvalue weighted by atomic mass is 32.2. The van der Waals surface area contributed by atoms with Crippen LogP contribution in [0.5, 0.6) is 11.5 Å². The van der Waals surface area contributed by atoms with Crippen molar-refractivity contribution in [2.24, 2.45) is 0 Å². The summed E-state index contributed by atoms with van der Waals surface area (Å²) in [6, 6.07) is 16.4. The number of aryl methyl sites for hydroxylation is 1. The summed E-state index contributed by atoms with van der Waals surface area (Å²) in [7, 11) is -0.576. The number of halogens is 1. The molecule has 1 N–H and O–H groups in total. The van der Waals surface area contributed by atoms with Crippen LogP contribution in [0, 0.1) is 12.7 Å². The molecule has 0 radical (unpaired) electrons. The average Bonchev–Trinajstić information content (AvgIpc) is 2.83. The number of hydrogen-bond acceptors (Lipinski definition) is 5. The van der Waals surface area contributed by atoms with Gasteiger partial charge in [-0.25, -0.2) is 17.5 Å². The first-order chi connectivity index (χ1) is 16.7. The van der Waals surface area contributed by atoms with Gasteiger partial charge in [-0.1, -0.05) is 29.8 Å². The standard InChI is InChI=1S/C27H31FN2O4S/c1-18-8-10-23(11-9-18)35(31,32)29-19(2)27-24-16-26(34-4)25(33-3)15-21(24)12-13-30(27)17-20-6-5-7-22(28)14-20/h5-11,14-16,19,27,29H,12-13,17H2,1-4H3/t19-,27+/m0/s1. The lowest BCUT2D eigenvalue weighted by molar-refractivity contribution is 0.150. The SMILES string of the molecule is COc1cc2c(cc1OC)[C@@H]([C@H](C)NS(=O)(=O)c1ccc(C)cc1)N(Cc1cccc(F)c1)CC2. The van der Waals surface area contributed by atoms with Crippen LogP contribution in [0.1, 0.15) is 35.2 Å². The van der Waals surface area contributed by atoms with E-state index in [9.17, 15) is 12.8 Å². The number of sulfonamides is 1. The molecule has 0 saturated heterocycles.